The zero-order chi connectivity index (χ0) is 17.4. The van der Waals surface area contributed by atoms with Crippen molar-refractivity contribution in [2.24, 2.45) is 16.6 Å². The molecular weight excluding hydrogens is 302 g/mol. The molecular formula is C19H35N3O2. The van der Waals surface area contributed by atoms with Crippen LogP contribution in [-0.2, 0) is 9.53 Å². The number of nitrogens with zero attached hydrogens (tertiary/aromatic N) is 1. The van der Waals surface area contributed by atoms with Crippen molar-refractivity contribution in [1.29, 1.82) is 0 Å². The Morgan fingerprint density at radius 1 is 1.12 bits per heavy atom. The fourth-order valence-electron chi connectivity index (χ4n) is 3.54. The van der Waals surface area contributed by atoms with Crippen LogP contribution in [0.3, 0.4) is 0 Å². The molecule has 0 amide bonds. The number of aliphatic imine (C=N–C) groups is 1. The third-order valence-electron chi connectivity index (χ3n) is 5.53. The molecule has 138 valence electrons. The molecule has 3 N–H and O–H groups in total. The lowest BCUT2D eigenvalue weighted by molar-refractivity contribution is -0.138. The number of nitrogens with two attached hydrogens (primary N) is 1. The first kappa shape index (κ1) is 19.2. The molecule has 0 spiro atoms. The zero-order valence-corrected chi connectivity index (χ0v) is 15.4. The lowest BCUT2D eigenvalue weighted by Crippen LogP contribution is -2.44. The van der Waals surface area contributed by atoms with E-state index in [9.17, 15) is 4.79 Å². The molecule has 0 aromatic rings. The van der Waals surface area contributed by atoms with E-state index in [2.05, 4.69) is 5.32 Å². The van der Waals surface area contributed by atoms with Crippen molar-refractivity contribution in [3.05, 3.63) is 0 Å². The minimum Gasteiger partial charge on any atom is -0.392 e. The van der Waals surface area contributed by atoms with Gasteiger partial charge in [0.1, 0.15) is 6.04 Å². The van der Waals surface area contributed by atoms with Crippen LogP contribution in [0.5, 0.6) is 0 Å². The van der Waals surface area contributed by atoms with Crippen LogP contribution in [0.25, 0.3) is 0 Å². The molecule has 24 heavy (non-hydrogen) atoms. The van der Waals surface area contributed by atoms with E-state index in [0.717, 1.165) is 32.1 Å². The molecule has 2 aliphatic carbocycles. The summed E-state index contributed by atoms with van der Waals surface area (Å²) in [5, 5.41) is 3.40. The van der Waals surface area contributed by atoms with Crippen molar-refractivity contribution in [3.63, 3.8) is 0 Å². The minimum absolute atomic E-state index is 0.114. The third-order valence-corrected chi connectivity index (χ3v) is 5.53. The largest absolute Gasteiger partial charge is 0.392 e. The summed E-state index contributed by atoms with van der Waals surface area (Å²) < 4.78 is 5.62. The quantitative estimate of drug-likeness (QED) is 0.457. The molecule has 2 aliphatic rings. The Balaban J connectivity index is 2.00. The number of esters is 1. The van der Waals surface area contributed by atoms with E-state index < -0.39 is 6.04 Å². The molecule has 0 aromatic carbocycles. The average Bonchev–Trinajstić information content (AvgIpc) is 2.62. The van der Waals surface area contributed by atoms with Gasteiger partial charge in [-0.3, -0.25) is 0 Å². The highest BCUT2D eigenvalue weighted by molar-refractivity contribution is 5.90. The molecule has 0 radical (unpaired) electrons. The second-order valence-corrected chi connectivity index (χ2v) is 7.54. The van der Waals surface area contributed by atoms with Gasteiger partial charge in [-0.2, -0.15) is 0 Å². The van der Waals surface area contributed by atoms with Gasteiger partial charge in [0, 0.05) is 6.04 Å². The van der Waals surface area contributed by atoms with Crippen LogP contribution in [0.15, 0.2) is 4.99 Å². The predicted octanol–water partition coefficient (Wildman–Crippen LogP) is 3.51. The van der Waals surface area contributed by atoms with E-state index >= 15 is 0 Å². The highest BCUT2D eigenvalue weighted by Crippen LogP contribution is 2.21. The molecule has 2 atom stereocenters. The normalized spacial score (nSPS) is 23.5. The molecule has 5 heteroatoms. The average molecular weight is 338 g/mol. The second kappa shape index (κ2) is 10.0. The monoisotopic (exact) mass is 337 g/mol. The van der Waals surface area contributed by atoms with Gasteiger partial charge in [0.15, 0.2) is 0 Å². The van der Waals surface area contributed by atoms with Gasteiger partial charge in [0.25, 0.3) is 6.02 Å². The van der Waals surface area contributed by atoms with Crippen LogP contribution in [0, 0.1) is 5.92 Å². The summed E-state index contributed by atoms with van der Waals surface area (Å²) in [6.07, 6.45) is 12.8. The standard InChI is InChI=1S/C19H35N3O2/c1-3-14(2)17(20)18(23)24-19(21-15-10-6-4-7-11-15)22-16-12-8-5-9-13-16/h14-17H,3-13,20H2,1-2H3,(H,21,22)/t14?,17-/m1/s1. The Morgan fingerprint density at radius 2 is 1.71 bits per heavy atom. The maximum absolute atomic E-state index is 12.4. The van der Waals surface area contributed by atoms with E-state index in [0.29, 0.717) is 12.1 Å². The van der Waals surface area contributed by atoms with E-state index in [1.165, 1.54) is 38.5 Å². The summed E-state index contributed by atoms with van der Waals surface area (Å²) in [6.45, 7) is 4.02. The van der Waals surface area contributed by atoms with Crippen LogP contribution in [0.1, 0.15) is 84.5 Å². The third kappa shape index (κ3) is 6.08. The maximum atomic E-state index is 12.4. The summed E-state index contributed by atoms with van der Waals surface area (Å²) in [7, 11) is 0. The van der Waals surface area contributed by atoms with Gasteiger partial charge < -0.3 is 15.8 Å². The van der Waals surface area contributed by atoms with Crippen molar-refractivity contribution in [3.8, 4) is 0 Å². The molecule has 2 rings (SSSR count). The maximum Gasteiger partial charge on any atom is 0.330 e. The molecule has 1 unspecified atom stereocenters. The van der Waals surface area contributed by atoms with Gasteiger partial charge in [-0.25, -0.2) is 9.79 Å². The number of hydrogen-bond donors (Lipinski definition) is 2. The van der Waals surface area contributed by atoms with Crippen molar-refractivity contribution in [2.75, 3.05) is 0 Å². The number of carbonyl (C=O) groups excluding carboxylic acids is 1. The Bertz CT molecular complexity index is 413. The van der Waals surface area contributed by atoms with E-state index in [-0.39, 0.29) is 17.9 Å². The summed E-state index contributed by atoms with van der Waals surface area (Å²) >= 11 is 0. The number of carbonyl (C=O) groups is 1. The smallest absolute Gasteiger partial charge is 0.330 e. The summed E-state index contributed by atoms with van der Waals surface area (Å²) in [5.74, 6) is -0.245. The van der Waals surface area contributed by atoms with Gasteiger partial charge >= 0.3 is 5.97 Å². The van der Waals surface area contributed by atoms with Crippen LogP contribution < -0.4 is 11.1 Å². The Morgan fingerprint density at radius 3 is 2.29 bits per heavy atom. The first-order chi connectivity index (χ1) is 11.6. The van der Waals surface area contributed by atoms with Gasteiger partial charge in [0.05, 0.1) is 6.04 Å². The SMILES string of the molecule is CCC(C)[C@@H](N)C(=O)OC(=NC1CCCCC1)NC1CCCCC1. The molecule has 5 nitrogen and oxygen atoms in total. The summed E-state index contributed by atoms with van der Waals surface area (Å²) in [5.41, 5.74) is 6.03. The van der Waals surface area contributed by atoms with Gasteiger partial charge in [-0.1, -0.05) is 58.8 Å². The lowest BCUT2D eigenvalue weighted by atomic mass is 9.95. The molecule has 0 bridgehead atoms. The number of hydrogen-bond acceptors (Lipinski definition) is 4. The predicted molar refractivity (Wildman–Crippen MR) is 97.8 cm³/mol. The molecule has 0 heterocycles. The van der Waals surface area contributed by atoms with Gasteiger partial charge in [-0.05, 0) is 31.6 Å². The number of amidine groups is 1. The fraction of sp³-hybridized carbons (Fsp3) is 0.895. The lowest BCUT2D eigenvalue weighted by Gasteiger charge is -2.26. The first-order valence-electron chi connectivity index (χ1n) is 9.91. The number of rotatable bonds is 5. The zero-order valence-electron chi connectivity index (χ0n) is 15.4. The van der Waals surface area contributed by atoms with E-state index in [1.807, 2.05) is 13.8 Å². The molecule has 2 saturated carbocycles. The van der Waals surface area contributed by atoms with Crippen molar-refractivity contribution in [2.45, 2.75) is 103 Å². The van der Waals surface area contributed by atoms with Crippen LogP contribution in [0.4, 0.5) is 0 Å². The molecule has 0 saturated heterocycles. The highest BCUT2D eigenvalue weighted by Gasteiger charge is 2.25. The minimum atomic E-state index is -0.584. The van der Waals surface area contributed by atoms with E-state index in [1.54, 1.807) is 0 Å². The molecule has 2 fully saturated rings. The molecule has 0 aromatic heterocycles. The van der Waals surface area contributed by atoms with Crippen molar-refractivity contribution >= 4 is 12.0 Å². The molecule has 0 aliphatic heterocycles. The Hall–Kier alpha value is -1.10. The summed E-state index contributed by atoms with van der Waals surface area (Å²) in [6, 6.07) is 0.475. The summed E-state index contributed by atoms with van der Waals surface area (Å²) in [4.78, 5) is 17.1. The van der Waals surface area contributed by atoms with Gasteiger partial charge in [-0.15, -0.1) is 0 Å². The van der Waals surface area contributed by atoms with Crippen molar-refractivity contribution < 1.29 is 9.53 Å². The number of nitrogens with one attached hydrogen (secondary N) is 1. The van der Waals surface area contributed by atoms with Crippen LogP contribution >= 0.6 is 0 Å². The number of ether oxygens (including phenoxy) is 1. The van der Waals surface area contributed by atoms with Crippen LogP contribution in [0.2, 0.25) is 0 Å². The second-order valence-electron chi connectivity index (χ2n) is 7.54. The van der Waals surface area contributed by atoms with Crippen LogP contribution in [-0.4, -0.2) is 30.1 Å². The fourth-order valence-corrected chi connectivity index (χ4v) is 3.54. The van der Waals surface area contributed by atoms with Crippen molar-refractivity contribution in [1.82, 2.24) is 5.32 Å². The topological polar surface area (TPSA) is 76.7 Å². The van der Waals surface area contributed by atoms with Gasteiger partial charge in [0.2, 0.25) is 0 Å². The highest BCUT2D eigenvalue weighted by atomic mass is 16.6. The Labute approximate surface area is 146 Å². The first-order valence-corrected chi connectivity index (χ1v) is 9.91. The van der Waals surface area contributed by atoms with E-state index in [4.69, 9.17) is 15.5 Å². The Kier molecular flexibility index (Phi) is 8.03.